The van der Waals surface area contributed by atoms with Gasteiger partial charge in [0.05, 0.1) is 12.2 Å². The Hall–Kier alpha value is -1.55. The molecule has 0 unspecified atom stereocenters. The number of ketones is 1. The number of Topliss-reactive ketones (excluding diaryl/α,β-unsaturated/α-hetero) is 1. The van der Waals surface area contributed by atoms with Crippen molar-refractivity contribution in [1.82, 2.24) is 0 Å². The summed E-state index contributed by atoms with van der Waals surface area (Å²) >= 11 is 0. The molecule has 0 atom stereocenters. The van der Waals surface area contributed by atoms with Gasteiger partial charge in [0.1, 0.15) is 11.4 Å². The number of rotatable bonds is 3. The molecule has 0 amide bonds. The fraction of sp³-hybridized carbons (Fsp3) is 0.462. The van der Waals surface area contributed by atoms with Crippen LogP contribution in [-0.2, 0) is 0 Å². The number of nitrogens with two attached hydrogens (primary N) is 1. The van der Waals surface area contributed by atoms with E-state index in [1.54, 1.807) is 6.07 Å². The van der Waals surface area contributed by atoms with Crippen molar-refractivity contribution >= 4 is 11.5 Å². The first-order valence-corrected chi connectivity index (χ1v) is 5.82. The summed E-state index contributed by atoms with van der Waals surface area (Å²) in [5, 5.41) is 3.28. The van der Waals surface area contributed by atoms with Gasteiger partial charge in [-0.25, -0.2) is 0 Å². The highest BCUT2D eigenvalue weighted by molar-refractivity contribution is 5.97. The molecular formula is C13H18N2O2. The third-order valence-corrected chi connectivity index (χ3v) is 2.76. The zero-order chi connectivity index (χ0) is 12.5. The van der Waals surface area contributed by atoms with E-state index in [2.05, 4.69) is 5.32 Å². The molecule has 1 aliphatic heterocycles. The first-order valence-electron chi connectivity index (χ1n) is 5.82. The lowest BCUT2D eigenvalue weighted by atomic mass is 10.0. The van der Waals surface area contributed by atoms with Gasteiger partial charge >= 0.3 is 0 Å². The second kappa shape index (κ2) is 4.37. The number of nitrogens with one attached hydrogen (secondary N) is 1. The van der Waals surface area contributed by atoms with Crippen LogP contribution >= 0.6 is 0 Å². The van der Waals surface area contributed by atoms with Crippen LogP contribution in [0.15, 0.2) is 18.2 Å². The number of ether oxygens (including phenoxy) is 1. The van der Waals surface area contributed by atoms with Crippen molar-refractivity contribution in [3.63, 3.8) is 0 Å². The van der Waals surface area contributed by atoms with Crippen LogP contribution in [-0.4, -0.2) is 24.5 Å². The van der Waals surface area contributed by atoms with Crippen LogP contribution in [0.2, 0.25) is 0 Å². The zero-order valence-corrected chi connectivity index (χ0v) is 10.2. The molecule has 1 heterocycles. The van der Waals surface area contributed by atoms with Crippen LogP contribution in [0.1, 0.15) is 30.6 Å². The van der Waals surface area contributed by atoms with E-state index < -0.39 is 0 Å². The van der Waals surface area contributed by atoms with E-state index in [0.29, 0.717) is 18.5 Å². The van der Waals surface area contributed by atoms with Gasteiger partial charge in [-0.05, 0) is 38.6 Å². The maximum absolute atomic E-state index is 11.7. The second-order valence-electron chi connectivity index (χ2n) is 4.89. The number of hydrogen-bond donors (Lipinski definition) is 2. The second-order valence-corrected chi connectivity index (χ2v) is 4.89. The third-order valence-electron chi connectivity index (χ3n) is 2.76. The molecule has 1 aromatic rings. The van der Waals surface area contributed by atoms with Gasteiger partial charge in [-0.3, -0.25) is 4.79 Å². The molecular weight excluding hydrogens is 216 g/mol. The fourth-order valence-corrected chi connectivity index (χ4v) is 1.85. The molecule has 92 valence electrons. The Morgan fingerprint density at radius 3 is 3.00 bits per heavy atom. The molecule has 1 aromatic carbocycles. The van der Waals surface area contributed by atoms with Crippen LogP contribution < -0.4 is 15.8 Å². The molecule has 0 saturated carbocycles. The Morgan fingerprint density at radius 2 is 2.29 bits per heavy atom. The number of anilines is 1. The van der Waals surface area contributed by atoms with Crippen molar-refractivity contribution in [3.8, 4) is 5.75 Å². The van der Waals surface area contributed by atoms with Gasteiger partial charge < -0.3 is 15.8 Å². The lowest BCUT2D eigenvalue weighted by Gasteiger charge is -2.33. The number of carbonyl (C=O) groups excluding carboxylic acids is 1. The van der Waals surface area contributed by atoms with Crippen LogP contribution in [0.3, 0.4) is 0 Å². The van der Waals surface area contributed by atoms with Crippen LogP contribution in [0, 0.1) is 0 Å². The average molecular weight is 234 g/mol. The summed E-state index contributed by atoms with van der Waals surface area (Å²) in [6, 6.07) is 5.47. The number of benzene rings is 1. The van der Waals surface area contributed by atoms with E-state index in [9.17, 15) is 4.79 Å². The molecule has 0 aromatic heterocycles. The minimum absolute atomic E-state index is 0.0712. The smallest absolute Gasteiger partial charge is 0.164 e. The van der Waals surface area contributed by atoms with E-state index in [1.165, 1.54) is 0 Å². The predicted octanol–water partition coefficient (Wildman–Crippen LogP) is 1.80. The normalized spacial score (nSPS) is 16.6. The topological polar surface area (TPSA) is 64.4 Å². The monoisotopic (exact) mass is 234 g/mol. The van der Waals surface area contributed by atoms with Crippen molar-refractivity contribution in [2.24, 2.45) is 5.73 Å². The summed E-state index contributed by atoms with van der Waals surface area (Å²) in [7, 11) is 0. The first kappa shape index (κ1) is 11.9. The Balaban J connectivity index is 2.24. The first-order chi connectivity index (χ1) is 8.02. The van der Waals surface area contributed by atoms with Crippen LogP contribution in [0.25, 0.3) is 0 Å². The maximum atomic E-state index is 11.7. The standard InChI is InChI=1S/C13H18N2O2/c1-13(2)8-15-10-7-9(11(16)5-6-14)3-4-12(10)17-13/h3-4,7,15H,5-6,8,14H2,1-2H3. The molecule has 4 heteroatoms. The Labute approximate surface area is 101 Å². The van der Waals surface area contributed by atoms with Crippen molar-refractivity contribution in [3.05, 3.63) is 23.8 Å². The number of carbonyl (C=O) groups is 1. The van der Waals surface area contributed by atoms with E-state index >= 15 is 0 Å². The molecule has 1 aliphatic rings. The fourth-order valence-electron chi connectivity index (χ4n) is 1.85. The largest absolute Gasteiger partial charge is 0.484 e. The molecule has 0 spiro atoms. The lowest BCUT2D eigenvalue weighted by molar-refractivity contribution is 0.0985. The van der Waals surface area contributed by atoms with E-state index in [0.717, 1.165) is 18.0 Å². The quantitative estimate of drug-likeness (QED) is 0.783. The Morgan fingerprint density at radius 1 is 1.53 bits per heavy atom. The highest BCUT2D eigenvalue weighted by Crippen LogP contribution is 2.33. The summed E-state index contributed by atoms with van der Waals surface area (Å²) in [5.41, 5.74) is 6.73. The van der Waals surface area contributed by atoms with Gasteiger partial charge in [0, 0.05) is 12.0 Å². The number of fused-ring (bicyclic) bond motifs is 1. The number of hydrogen-bond acceptors (Lipinski definition) is 4. The molecule has 0 radical (unpaired) electrons. The van der Waals surface area contributed by atoms with Crippen LogP contribution in [0.4, 0.5) is 5.69 Å². The van der Waals surface area contributed by atoms with Gasteiger partial charge in [0.15, 0.2) is 5.78 Å². The van der Waals surface area contributed by atoms with Crippen molar-refractivity contribution in [1.29, 1.82) is 0 Å². The molecule has 4 nitrogen and oxygen atoms in total. The van der Waals surface area contributed by atoms with Crippen molar-refractivity contribution < 1.29 is 9.53 Å². The summed E-state index contributed by atoms with van der Waals surface area (Å²) in [5.74, 6) is 0.868. The maximum Gasteiger partial charge on any atom is 0.164 e. The molecule has 0 saturated heterocycles. The van der Waals surface area contributed by atoms with Gasteiger partial charge in [-0.15, -0.1) is 0 Å². The third kappa shape index (κ3) is 2.58. The Bertz CT molecular complexity index is 441. The van der Waals surface area contributed by atoms with Gasteiger partial charge in [-0.1, -0.05) is 0 Å². The highest BCUT2D eigenvalue weighted by Gasteiger charge is 2.26. The molecule has 0 aliphatic carbocycles. The summed E-state index contributed by atoms with van der Waals surface area (Å²) < 4.78 is 5.82. The minimum atomic E-state index is -0.213. The van der Waals surface area contributed by atoms with Gasteiger partial charge in [0.25, 0.3) is 0 Å². The predicted molar refractivity (Wildman–Crippen MR) is 67.6 cm³/mol. The summed E-state index contributed by atoms with van der Waals surface area (Å²) in [6.45, 7) is 5.16. The molecule has 2 rings (SSSR count). The SMILES string of the molecule is CC1(C)CNc2cc(C(=O)CCN)ccc2O1. The molecule has 0 bridgehead atoms. The Kier molecular flexibility index (Phi) is 3.07. The minimum Gasteiger partial charge on any atom is -0.484 e. The van der Waals surface area contributed by atoms with E-state index in [4.69, 9.17) is 10.5 Å². The zero-order valence-electron chi connectivity index (χ0n) is 10.2. The molecule has 0 fully saturated rings. The molecule has 3 N–H and O–H groups in total. The van der Waals surface area contributed by atoms with Gasteiger partial charge in [0.2, 0.25) is 0 Å². The van der Waals surface area contributed by atoms with Crippen LogP contribution in [0.5, 0.6) is 5.75 Å². The highest BCUT2D eigenvalue weighted by atomic mass is 16.5. The van der Waals surface area contributed by atoms with Crippen molar-refractivity contribution in [2.75, 3.05) is 18.4 Å². The van der Waals surface area contributed by atoms with E-state index in [-0.39, 0.29) is 11.4 Å². The van der Waals surface area contributed by atoms with Crippen molar-refractivity contribution in [2.45, 2.75) is 25.9 Å². The summed E-state index contributed by atoms with van der Waals surface area (Å²) in [4.78, 5) is 11.7. The lowest BCUT2D eigenvalue weighted by Crippen LogP contribution is -2.40. The average Bonchev–Trinajstić information content (AvgIpc) is 2.27. The van der Waals surface area contributed by atoms with E-state index in [1.807, 2.05) is 26.0 Å². The summed E-state index contributed by atoms with van der Waals surface area (Å²) in [6.07, 6.45) is 0.380. The molecule has 17 heavy (non-hydrogen) atoms. The van der Waals surface area contributed by atoms with Gasteiger partial charge in [-0.2, -0.15) is 0 Å².